The highest BCUT2D eigenvalue weighted by molar-refractivity contribution is 5.76. The summed E-state index contributed by atoms with van der Waals surface area (Å²) in [5, 5.41) is 53.8. The molecule has 6 N–H and O–H groups in total. The summed E-state index contributed by atoms with van der Waals surface area (Å²) in [6.07, 6.45) is 28.0. The van der Waals surface area contributed by atoms with Gasteiger partial charge >= 0.3 is 0 Å². The number of carbonyl (C=O) groups is 1. The van der Waals surface area contributed by atoms with Crippen molar-refractivity contribution in [3.8, 4) is 0 Å². The van der Waals surface area contributed by atoms with Crippen LogP contribution >= 0.6 is 0 Å². The van der Waals surface area contributed by atoms with Gasteiger partial charge in [0.1, 0.15) is 24.4 Å². The van der Waals surface area contributed by atoms with Gasteiger partial charge in [-0.1, -0.05) is 141 Å². The highest BCUT2D eigenvalue weighted by Crippen LogP contribution is 2.22. The summed E-state index contributed by atoms with van der Waals surface area (Å²) in [5.74, 6) is -0.185. The first-order chi connectivity index (χ1) is 23.8. The van der Waals surface area contributed by atoms with Crippen LogP contribution in [0.3, 0.4) is 0 Å². The molecule has 49 heavy (non-hydrogen) atoms. The molecule has 0 radical (unpaired) electrons. The topological polar surface area (TPSA) is 149 Å². The number of aliphatic hydroxyl groups is 5. The van der Waals surface area contributed by atoms with Crippen LogP contribution in [0.15, 0.2) is 24.3 Å². The SMILES string of the molecule is CCCCCCCC/C=C\CCCCCCCCCC(=O)NC(COC1OC(CO)C(O)C(O)C1O)C(O)/C=C/CCCCCCCCC. The lowest BCUT2D eigenvalue weighted by atomic mass is 9.99. The Labute approximate surface area is 298 Å². The van der Waals surface area contributed by atoms with Crippen LogP contribution in [0.25, 0.3) is 0 Å². The molecule has 288 valence electrons. The molecule has 1 amide bonds. The third kappa shape index (κ3) is 23.0. The van der Waals surface area contributed by atoms with Gasteiger partial charge in [0.05, 0.1) is 25.4 Å². The maximum atomic E-state index is 12.9. The number of hydrogen-bond donors (Lipinski definition) is 6. The molecule has 1 aliphatic heterocycles. The Morgan fingerprint density at radius 1 is 0.673 bits per heavy atom. The van der Waals surface area contributed by atoms with E-state index in [4.69, 9.17) is 9.47 Å². The van der Waals surface area contributed by atoms with Crippen LogP contribution in [0, 0.1) is 0 Å². The zero-order valence-electron chi connectivity index (χ0n) is 31.2. The Morgan fingerprint density at radius 2 is 1.14 bits per heavy atom. The Morgan fingerprint density at radius 3 is 1.65 bits per heavy atom. The van der Waals surface area contributed by atoms with Crippen LogP contribution in [-0.2, 0) is 14.3 Å². The van der Waals surface area contributed by atoms with Crippen molar-refractivity contribution in [2.45, 2.75) is 211 Å². The van der Waals surface area contributed by atoms with E-state index < -0.39 is 49.5 Å². The number of hydrogen-bond acceptors (Lipinski definition) is 8. The van der Waals surface area contributed by atoms with E-state index in [1.807, 2.05) is 6.08 Å². The monoisotopic (exact) mass is 698 g/mol. The van der Waals surface area contributed by atoms with Crippen LogP contribution in [0.4, 0.5) is 0 Å². The lowest BCUT2D eigenvalue weighted by molar-refractivity contribution is -0.302. The van der Waals surface area contributed by atoms with E-state index in [-0.39, 0.29) is 12.5 Å². The summed E-state index contributed by atoms with van der Waals surface area (Å²) in [7, 11) is 0. The summed E-state index contributed by atoms with van der Waals surface area (Å²) in [4.78, 5) is 12.9. The third-order valence-corrected chi connectivity index (χ3v) is 9.52. The average Bonchev–Trinajstić information content (AvgIpc) is 3.10. The zero-order chi connectivity index (χ0) is 36.0. The Balaban J connectivity index is 2.38. The molecule has 1 rings (SSSR count). The number of aliphatic hydroxyl groups excluding tert-OH is 5. The van der Waals surface area contributed by atoms with Gasteiger partial charge in [-0.05, 0) is 44.9 Å². The van der Waals surface area contributed by atoms with E-state index in [9.17, 15) is 30.3 Å². The largest absolute Gasteiger partial charge is 0.394 e. The summed E-state index contributed by atoms with van der Waals surface area (Å²) < 4.78 is 11.1. The molecule has 0 saturated carbocycles. The van der Waals surface area contributed by atoms with Gasteiger partial charge in [0.2, 0.25) is 5.91 Å². The Bertz CT molecular complexity index is 822. The van der Waals surface area contributed by atoms with E-state index in [1.54, 1.807) is 6.08 Å². The first-order valence-electron chi connectivity index (χ1n) is 20.1. The standard InChI is InChI=1S/C40H75NO8/c1-3-5-7-9-11-13-14-15-16-17-18-19-20-22-24-26-28-30-36(44)41-33(34(43)29-27-25-23-21-12-10-8-6-4-2)32-48-40-39(47)38(46)37(45)35(31-42)49-40/h15-16,27,29,33-35,37-40,42-43,45-47H,3-14,17-26,28,30-32H2,1-2H3,(H,41,44)/b16-15-,29-27+. The van der Waals surface area contributed by atoms with Gasteiger partial charge in [0, 0.05) is 6.42 Å². The van der Waals surface area contributed by atoms with Gasteiger partial charge in [-0.15, -0.1) is 0 Å². The van der Waals surface area contributed by atoms with Crippen LogP contribution in [0.5, 0.6) is 0 Å². The van der Waals surface area contributed by atoms with E-state index in [2.05, 4.69) is 31.3 Å². The molecule has 1 saturated heterocycles. The maximum absolute atomic E-state index is 12.9. The van der Waals surface area contributed by atoms with Crippen molar-refractivity contribution in [1.29, 1.82) is 0 Å². The summed E-state index contributed by atoms with van der Waals surface area (Å²) in [6.45, 7) is 3.71. The molecule has 9 nitrogen and oxygen atoms in total. The van der Waals surface area contributed by atoms with Gasteiger partial charge in [-0.25, -0.2) is 0 Å². The molecule has 0 aromatic rings. The van der Waals surface area contributed by atoms with Crippen LogP contribution < -0.4 is 5.32 Å². The smallest absolute Gasteiger partial charge is 0.220 e. The van der Waals surface area contributed by atoms with Crippen molar-refractivity contribution in [2.75, 3.05) is 13.2 Å². The molecule has 9 heteroatoms. The zero-order valence-corrected chi connectivity index (χ0v) is 31.2. The molecular formula is C40H75NO8. The van der Waals surface area contributed by atoms with Crippen LogP contribution in [0.2, 0.25) is 0 Å². The molecule has 0 spiro atoms. The first-order valence-corrected chi connectivity index (χ1v) is 20.1. The fourth-order valence-corrected chi connectivity index (χ4v) is 6.21. The van der Waals surface area contributed by atoms with Crippen LogP contribution in [-0.4, -0.2) is 87.5 Å². The van der Waals surface area contributed by atoms with Gasteiger partial charge in [-0.2, -0.15) is 0 Å². The minimum atomic E-state index is -1.56. The highest BCUT2D eigenvalue weighted by atomic mass is 16.7. The Hall–Kier alpha value is -1.33. The van der Waals surface area contributed by atoms with Crippen molar-refractivity contribution in [1.82, 2.24) is 5.32 Å². The highest BCUT2D eigenvalue weighted by Gasteiger charge is 2.44. The number of allylic oxidation sites excluding steroid dienone is 3. The van der Waals surface area contributed by atoms with Gasteiger partial charge < -0.3 is 40.3 Å². The summed E-state index contributed by atoms with van der Waals surface area (Å²) in [6, 6.07) is -0.801. The summed E-state index contributed by atoms with van der Waals surface area (Å²) in [5.41, 5.74) is 0. The molecule has 0 bridgehead atoms. The molecule has 0 aromatic heterocycles. The minimum absolute atomic E-state index is 0.185. The number of unbranched alkanes of at least 4 members (excludes halogenated alkanes) is 20. The van der Waals surface area contributed by atoms with Crippen LogP contribution in [0.1, 0.15) is 168 Å². The number of amides is 1. The van der Waals surface area contributed by atoms with Crippen molar-refractivity contribution >= 4 is 5.91 Å². The van der Waals surface area contributed by atoms with E-state index in [0.29, 0.717) is 6.42 Å². The van der Waals surface area contributed by atoms with Crippen molar-refractivity contribution in [3.63, 3.8) is 0 Å². The van der Waals surface area contributed by atoms with E-state index >= 15 is 0 Å². The van der Waals surface area contributed by atoms with Gasteiger partial charge in [0.15, 0.2) is 6.29 Å². The molecule has 1 heterocycles. The molecule has 0 aromatic carbocycles. The van der Waals surface area contributed by atoms with Gasteiger partial charge in [-0.3, -0.25) is 4.79 Å². The lowest BCUT2D eigenvalue weighted by Crippen LogP contribution is -2.60. The third-order valence-electron chi connectivity index (χ3n) is 9.52. The van der Waals surface area contributed by atoms with E-state index in [1.165, 1.54) is 103 Å². The van der Waals surface area contributed by atoms with Crippen molar-refractivity contribution in [2.24, 2.45) is 0 Å². The first kappa shape index (κ1) is 45.7. The molecule has 7 atom stereocenters. The number of nitrogens with one attached hydrogen (secondary N) is 1. The predicted molar refractivity (Wildman–Crippen MR) is 198 cm³/mol. The second-order valence-corrected chi connectivity index (χ2v) is 14.1. The fraction of sp³-hybridized carbons (Fsp3) is 0.875. The maximum Gasteiger partial charge on any atom is 0.220 e. The summed E-state index contributed by atoms with van der Waals surface area (Å²) >= 11 is 0. The van der Waals surface area contributed by atoms with Gasteiger partial charge in [0.25, 0.3) is 0 Å². The lowest BCUT2D eigenvalue weighted by Gasteiger charge is -2.40. The fourth-order valence-electron chi connectivity index (χ4n) is 6.21. The van der Waals surface area contributed by atoms with Crippen molar-refractivity contribution < 1.29 is 39.8 Å². The normalized spacial score (nSPS) is 22.6. The molecule has 1 fully saturated rings. The molecule has 1 aliphatic rings. The Kier molecular flexibility index (Phi) is 29.3. The second-order valence-electron chi connectivity index (χ2n) is 14.1. The van der Waals surface area contributed by atoms with E-state index in [0.717, 1.165) is 44.9 Å². The minimum Gasteiger partial charge on any atom is -0.394 e. The average molecular weight is 698 g/mol. The number of carbonyl (C=O) groups excluding carboxylic acids is 1. The number of rotatable bonds is 32. The molecular weight excluding hydrogens is 622 g/mol. The quantitative estimate of drug-likeness (QED) is 0.0320. The van der Waals surface area contributed by atoms with Crippen molar-refractivity contribution in [3.05, 3.63) is 24.3 Å². The number of ether oxygens (including phenoxy) is 2. The predicted octanol–water partition coefficient (Wildman–Crippen LogP) is 7.16. The molecule has 7 unspecified atom stereocenters. The molecule has 0 aliphatic carbocycles. The second kappa shape index (κ2) is 31.4.